The van der Waals surface area contributed by atoms with Gasteiger partial charge in [0.25, 0.3) is 0 Å². The fourth-order valence-electron chi connectivity index (χ4n) is 8.42. The molecule has 0 radical (unpaired) electrons. The number of imidazole rings is 1. The summed E-state index contributed by atoms with van der Waals surface area (Å²) < 4.78 is 15.1. The van der Waals surface area contributed by atoms with Gasteiger partial charge < -0.3 is 18.1 Å². The highest BCUT2D eigenvalue weighted by atomic mass is 16.3. The molecular formula is C51H31N3O2. The Hall–Kier alpha value is -7.63. The van der Waals surface area contributed by atoms with E-state index in [9.17, 15) is 0 Å². The maximum atomic E-state index is 6.53. The molecule has 5 nitrogen and oxygen atoms in total. The Bertz CT molecular complexity index is 3290. The molecule has 0 N–H and O–H groups in total. The number of hydrogen-bond donors (Lipinski definition) is 0. The molecule has 0 aliphatic carbocycles. The number of furan rings is 2. The Morgan fingerprint density at radius 1 is 0.411 bits per heavy atom. The highest BCUT2D eigenvalue weighted by Crippen LogP contribution is 2.43. The van der Waals surface area contributed by atoms with Gasteiger partial charge in [0.2, 0.25) is 0 Å². The van der Waals surface area contributed by atoms with E-state index in [0.29, 0.717) is 0 Å². The van der Waals surface area contributed by atoms with Crippen molar-refractivity contribution in [2.45, 2.75) is 0 Å². The van der Waals surface area contributed by atoms with E-state index in [1.54, 1.807) is 0 Å². The minimum atomic E-state index is 0.892. The van der Waals surface area contributed by atoms with E-state index >= 15 is 0 Å². The predicted molar refractivity (Wildman–Crippen MR) is 230 cm³/mol. The van der Waals surface area contributed by atoms with Crippen LogP contribution in [-0.2, 0) is 0 Å². The quantitative estimate of drug-likeness (QED) is 0.178. The number of anilines is 3. The van der Waals surface area contributed by atoms with Crippen LogP contribution in [-0.4, -0.2) is 9.38 Å². The van der Waals surface area contributed by atoms with Gasteiger partial charge in [-0.25, -0.2) is 4.98 Å². The summed E-state index contributed by atoms with van der Waals surface area (Å²) in [5.41, 5.74) is 12.0. The first-order valence-electron chi connectivity index (χ1n) is 18.8. The first kappa shape index (κ1) is 30.8. The summed E-state index contributed by atoms with van der Waals surface area (Å²) in [5.74, 6) is 0. The molecule has 12 aromatic rings. The second-order valence-electron chi connectivity index (χ2n) is 14.4. The Balaban J connectivity index is 0.999. The lowest BCUT2D eigenvalue weighted by Crippen LogP contribution is -2.10. The van der Waals surface area contributed by atoms with Crippen LogP contribution in [0.3, 0.4) is 0 Å². The number of hydrogen-bond acceptors (Lipinski definition) is 4. The number of fused-ring (bicyclic) bond motifs is 11. The Morgan fingerprint density at radius 2 is 0.911 bits per heavy atom. The van der Waals surface area contributed by atoms with Gasteiger partial charge >= 0.3 is 0 Å². The van der Waals surface area contributed by atoms with Crippen LogP contribution >= 0.6 is 0 Å². The summed E-state index contributed by atoms with van der Waals surface area (Å²) in [5, 5.41) is 8.89. The summed E-state index contributed by atoms with van der Waals surface area (Å²) in [4.78, 5) is 7.14. The van der Waals surface area contributed by atoms with E-state index in [4.69, 9.17) is 13.8 Å². The van der Waals surface area contributed by atoms with Crippen molar-refractivity contribution in [2.24, 2.45) is 0 Å². The van der Waals surface area contributed by atoms with Crippen LogP contribution in [0.2, 0.25) is 0 Å². The van der Waals surface area contributed by atoms with Crippen molar-refractivity contribution < 1.29 is 8.83 Å². The molecule has 262 valence electrons. The van der Waals surface area contributed by atoms with Crippen LogP contribution in [0.5, 0.6) is 0 Å². The molecule has 12 rings (SSSR count). The summed E-state index contributed by atoms with van der Waals surface area (Å²) >= 11 is 0. The number of para-hydroxylation sites is 2. The third-order valence-corrected chi connectivity index (χ3v) is 11.2. The Kier molecular flexibility index (Phi) is 6.56. The SMILES string of the molecule is c1ccc2c(c1)oc1c3cc(N(c4ccc(-c5ccc(-c6cn7ccccc7n6)cc5)cc4)c4ccc5ccc6c7ccccc7oc6c5c4)ccc3ccc21. The molecular weight excluding hydrogens is 687 g/mol. The molecule has 0 saturated carbocycles. The predicted octanol–water partition coefficient (Wildman–Crippen LogP) is 14.2. The van der Waals surface area contributed by atoms with Crippen LogP contribution in [0.4, 0.5) is 17.1 Å². The molecule has 56 heavy (non-hydrogen) atoms. The smallest absolute Gasteiger partial charge is 0.143 e. The van der Waals surface area contributed by atoms with Gasteiger partial charge in [0, 0.05) is 67.3 Å². The summed E-state index contributed by atoms with van der Waals surface area (Å²) in [6.07, 6.45) is 4.10. The largest absolute Gasteiger partial charge is 0.455 e. The first-order chi connectivity index (χ1) is 27.7. The lowest BCUT2D eigenvalue weighted by Gasteiger charge is -2.26. The molecule has 4 heterocycles. The van der Waals surface area contributed by atoms with Crippen LogP contribution < -0.4 is 4.90 Å². The van der Waals surface area contributed by atoms with E-state index in [1.807, 2.05) is 48.7 Å². The number of pyridine rings is 1. The molecule has 0 aliphatic heterocycles. The monoisotopic (exact) mass is 717 g/mol. The molecule has 0 spiro atoms. The fraction of sp³-hybridized carbons (Fsp3) is 0. The van der Waals surface area contributed by atoms with Gasteiger partial charge in [0.15, 0.2) is 0 Å². The van der Waals surface area contributed by atoms with Crippen molar-refractivity contribution in [3.05, 3.63) is 188 Å². The molecule has 0 bridgehead atoms. The van der Waals surface area contributed by atoms with Crippen molar-refractivity contribution in [3.63, 3.8) is 0 Å². The summed E-state index contributed by atoms with van der Waals surface area (Å²) in [7, 11) is 0. The molecule has 0 amide bonds. The Labute approximate surface area is 320 Å². The number of nitrogens with zero attached hydrogens (tertiary/aromatic N) is 3. The molecule has 0 fully saturated rings. The van der Waals surface area contributed by atoms with E-state index < -0.39 is 0 Å². The van der Waals surface area contributed by atoms with Crippen molar-refractivity contribution in [3.8, 4) is 22.4 Å². The minimum Gasteiger partial charge on any atom is -0.455 e. The van der Waals surface area contributed by atoms with Gasteiger partial charge in [-0.15, -0.1) is 0 Å². The van der Waals surface area contributed by atoms with Crippen LogP contribution in [0, 0.1) is 0 Å². The fourth-order valence-corrected chi connectivity index (χ4v) is 8.42. The maximum absolute atomic E-state index is 6.53. The molecule has 0 saturated heterocycles. The highest BCUT2D eigenvalue weighted by Gasteiger charge is 2.18. The lowest BCUT2D eigenvalue weighted by molar-refractivity contribution is 0.672. The van der Waals surface area contributed by atoms with Gasteiger partial charge in [0.05, 0.1) is 5.69 Å². The Morgan fingerprint density at radius 3 is 1.50 bits per heavy atom. The molecule has 0 aliphatic rings. The molecule has 0 unspecified atom stereocenters. The third-order valence-electron chi connectivity index (χ3n) is 11.2. The number of benzene rings is 8. The molecule has 0 atom stereocenters. The van der Waals surface area contributed by atoms with Crippen LogP contribution in [0.15, 0.2) is 197 Å². The first-order valence-corrected chi connectivity index (χ1v) is 18.8. The zero-order chi connectivity index (χ0) is 36.7. The molecule has 8 aromatic carbocycles. The lowest BCUT2D eigenvalue weighted by atomic mass is 10.0. The van der Waals surface area contributed by atoms with Crippen molar-refractivity contribution in [2.75, 3.05) is 4.90 Å². The molecule has 5 heteroatoms. The minimum absolute atomic E-state index is 0.892. The van der Waals surface area contributed by atoms with Gasteiger partial charge in [-0.1, -0.05) is 103 Å². The zero-order valence-corrected chi connectivity index (χ0v) is 30.1. The van der Waals surface area contributed by atoms with Crippen LogP contribution in [0.1, 0.15) is 0 Å². The average molecular weight is 718 g/mol. The van der Waals surface area contributed by atoms with Gasteiger partial charge in [0.1, 0.15) is 28.0 Å². The maximum Gasteiger partial charge on any atom is 0.143 e. The van der Waals surface area contributed by atoms with E-state index in [-0.39, 0.29) is 0 Å². The standard InChI is InChI=1S/C51H31N3O2/c1-3-9-47-40(7-1)42-26-20-34-18-24-38(29-44(34)50(42)55-47)54(39-25-19-35-21-27-43-41-8-2-4-10-48(41)56-51(43)45(35)30-39)37-22-16-33(17-23-37)32-12-14-36(15-13-32)46-31-53-28-6-5-11-49(53)52-46/h1-31H. The van der Waals surface area contributed by atoms with E-state index in [1.165, 1.54) is 0 Å². The summed E-state index contributed by atoms with van der Waals surface area (Å²) in [6, 6.07) is 62.1. The normalized spacial score (nSPS) is 11.9. The topological polar surface area (TPSA) is 46.8 Å². The number of aromatic nitrogens is 2. The van der Waals surface area contributed by atoms with Gasteiger partial charge in [-0.05, 0) is 94.7 Å². The van der Waals surface area contributed by atoms with Gasteiger partial charge in [-0.2, -0.15) is 0 Å². The van der Waals surface area contributed by atoms with Crippen molar-refractivity contribution >= 4 is 88.1 Å². The van der Waals surface area contributed by atoms with Crippen LogP contribution in [0.25, 0.3) is 93.5 Å². The molecule has 4 aromatic heterocycles. The van der Waals surface area contributed by atoms with E-state index in [0.717, 1.165) is 111 Å². The van der Waals surface area contributed by atoms with Crippen molar-refractivity contribution in [1.82, 2.24) is 9.38 Å². The third kappa shape index (κ3) is 4.78. The van der Waals surface area contributed by atoms with Gasteiger partial charge in [-0.3, -0.25) is 0 Å². The zero-order valence-electron chi connectivity index (χ0n) is 30.1. The second-order valence-corrected chi connectivity index (χ2v) is 14.4. The average Bonchev–Trinajstić information content (AvgIpc) is 3.98. The summed E-state index contributed by atoms with van der Waals surface area (Å²) in [6.45, 7) is 0. The number of rotatable bonds is 5. The second kappa shape index (κ2) is 11.9. The highest BCUT2D eigenvalue weighted by molar-refractivity contribution is 6.17. The van der Waals surface area contributed by atoms with E-state index in [2.05, 4.69) is 149 Å². The van der Waals surface area contributed by atoms with Crippen molar-refractivity contribution in [1.29, 1.82) is 0 Å².